The lowest BCUT2D eigenvalue weighted by Crippen LogP contribution is -2.04. The first-order valence-corrected chi connectivity index (χ1v) is 9.59. The Balaban J connectivity index is 1.76. The molecule has 0 bridgehead atoms. The number of unbranched alkanes of at least 4 members (excludes halogenated alkanes) is 1. The molecule has 2 heterocycles. The van der Waals surface area contributed by atoms with E-state index in [0.717, 1.165) is 36.1 Å². The average molecular weight is 392 g/mol. The van der Waals surface area contributed by atoms with E-state index >= 15 is 0 Å². The molecule has 0 aliphatic carbocycles. The van der Waals surface area contributed by atoms with Gasteiger partial charge >= 0.3 is 5.97 Å². The molecule has 6 nitrogen and oxygen atoms in total. The van der Waals surface area contributed by atoms with E-state index in [1.54, 1.807) is 12.1 Å². The third-order valence-electron chi connectivity index (χ3n) is 4.42. The van der Waals surface area contributed by atoms with Crippen molar-refractivity contribution in [2.24, 2.45) is 0 Å². The first-order valence-electron chi connectivity index (χ1n) is 9.59. The molecule has 150 valence electrons. The standard InChI is InChI=1S/C23H24N2O4/c1-3-4-10-20-19(16-28-22-14-12-18(15-24-22)23(26)27-2)21(29-25-20)13-11-17-8-6-5-7-9-17/h5-9,11-15H,3-4,10,16H2,1-2H3/b13-11+. The first kappa shape index (κ1) is 20.3. The maximum absolute atomic E-state index is 11.5. The van der Waals surface area contributed by atoms with Crippen LogP contribution in [0.25, 0.3) is 12.2 Å². The predicted molar refractivity (Wildman–Crippen MR) is 110 cm³/mol. The molecule has 0 spiro atoms. The number of hydrogen-bond donors (Lipinski definition) is 0. The van der Waals surface area contributed by atoms with E-state index in [9.17, 15) is 4.79 Å². The molecule has 0 amide bonds. The fourth-order valence-corrected chi connectivity index (χ4v) is 2.77. The lowest BCUT2D eigenvalue weighted by molar-refractivity contribution is 0.0600. The summed E-state index contributed by atoms with van der Waals surface area (Å²) in [6.07, 6.45) is 8.24. The summed E-state index contributed by atoms with van der Waals surface area (Å²) in [5.74, 6) is 0.655. The van der Waals surface area contributed by atoms with Crippen LogP contribution in [0.15, 0.2) is 53.2 Å². The van der Waals surface area contributed by atoms with Crippen LogP contribution in [0.4, 0.5) is 0 Å². The quantitative estimate of drug-likeness (QED) is 0.480. The second-order valence-electron chi connectivity index (χ2n) is 6.49. The van der Waals surface area contributed by atoms with Crippen molar-refractivity contribution in [2.75, 3.05) is 7.11 Å². The lowest BCUT2D eigenvalue weighted by atomic mass is 10.1. The number of carbonyl (C=O) groups is 1. The molecule has 0 N–H and O–H groups in total. The van der Waals surface area contributed by atoms with E-state index in [0.29, 0.717) is 17.2 Å². The van der Waals surface area contributed by atoms with Crippen molar-refractivity contribution in [1.82, 2.24) is 10.1 Å². The zero-order chi connectivity index (χ0) is 20.5. The van der Waals surface area contributed by atoms with Crippen LogP contribution in [-0.4, -0.2) is 23.2 Å². The van der Waals surface area contributed by atoms with Gasteiger partial charge in [-0.05, 0) is 30.5 Å². The largest absolute Gasteiger partial charge is 0.473 e. The van der Waals surface area contributed by atoms with Crippen molar-refractivity contribution in [3.63, 3.8) is 0 Å². The third-order valence-corrected chi connectivity index (χ3v) is 4.42. The second kappa shape index (κ2) is 10.2. The number of nitrogens with zero attached hydrogens (tertiary/aromatic N) is 2. The van der Waals surface area contributed by atoms with E-state index in [1.165, 1.54) is 13.3 Å². The Labute approximate surface area is 170 Å². The van der Waals surface area contributed by atoms with Gasteiger partial charge in [-0.15, -0.1) is 0 Å². The zero-order valence-electron chi connectivity index (χ0n) is 16.6. The molecule has 1 aromatic carbocycles. The number of carbonyl (C=O) groups excluding carboxylic acids is 1. The molecule has 0 atom stereocenters. The summed E-state index contributed by atoms with van der Waals surface area (Å²) in [4.78, 5) is 15.7. The van der Waals surface area contributed by atoms with Gasteiger partial charge in [0, 0.05) is 12.3 Å². The average Bonchev–Trinajstić information content (AvgIpc) is 3.16. The van der Waals surface area contributed by atoms with Crippen molar-refractivity contribution >= 4 is 18.1 Å². The highest BCUT2D eigenvalue weighted by Crippen LogP contribution is 2.21. The molecule has 0 unspecified atom stereocenters. The molecule has 0 fully saturated rings. The topological polar surface area (TPSA) is 74.5 Å². The molecule has 0 aliphatic heterocycles. The van der Waals surface area contributed by atoms with Crippen LogP contribution in [0, 0.1) is 0 Å². The lowest BCUT2D eigenvalue weighted by Gasteiger charge is -2.06. The highest BCUT2D eigenvalue weighted by atomic mass is 16.5. The monoisotopic (exact) mass is 392 g/mol. The number of ether oxygens (including phenoxy) is 2. The van der Waals surface area contributed by atoms with Crippen molar-refractivity contribution < 1.29 is 18.8 Å². The summed E-state index contributed by atoms with van der Waals surface area (Å²) in [7, 11) is 1.33. The fraction of sp³-hybridized carbons (Fsp3) is 0.261. The highest BCUT2D eigenvalue weighted by Gasteiger charge is 2.15. The molecular weight excluding hydrogens is 368 g/mol. The molecule has 3 aromatic rings. The molecule has 0 radical (unpaired) electrons. The van der Waals surface area contributed by atoms with Crippen molar-refractivity contribution in [2.45, 2.75) is 32.8 Å². The molecule has 6 heteroatoms. The predicted octanol–water partition coefficient (Wildman–Crippen LogP) is 4.95. The fourth-order valence-electron chi connectivity index (χ4n) is 2.77. The van der Waals surface area contributed by atoms with Crippen LogP contribution < -0.4 is 4.74 Å². The smallest absolute Gasteiger partial charge is 0.339 e. The van der Waals surface area contributed by atoms with E-state index in [1.807, 2.05) is 42.5 Å². The minimum Gasteiger partial charge on any atom is -0.473 e. The van der Waals surface area contributed by atoms with Crippen molar-refractivity contribution in [1.29, 1.82) is 0 Å². The summed E-state index contributed by atoms with van der Waals surface area (Å²) in [5, 5.41) is 4.24. The van der Waals surface area contributed by atoms with Gasteiger partial charge in [-0.2, -0.15) is 0 Å². The minimum atomic E-state index is -0.432. The third kappa shape index (κ3) is 5.54. The Bertz CT molecular complexity index is 947. The molecule has 0 aliphatic rings. The molecule has 3 rings (SSSR count). The van der Waals surface area contributed by atoms with E-state index in [2.05, 4.69) is 21.8 Å². The Morgan fingerprint density at radius 3 is 2.66 bits per heavy atom. The van der Waals surface area contributed by atoms with E-state index in [4.69, 9.17) is 9.26 Å². The van der Waals surface area contributed by atoms with Gasteiger partial charge in [-0.3, -0.25) is 0 Å². The Hall–Kier alpha value is -3.41. The summed E-state index contributed by atoms with van der Waals surface area (Å²) in [6, 6.07) is 13.3. The maximum Gasteiger partial charge on any atom is 0.339 e. The minimum absolute atomic E-state index is 0.279. The zero-order valence-corrected chi connectivity index (χ0v) is 16.6. The van der Waals surface area contributed by atoms with Gasteiger partial charge < -0.3 is 14.0 Å². The van der Waals surface area contributed by atoms with Crippen LogP contribution in [0.3, 0.4) is 0 Å². The Kier molecular flexibility index (Phi) is 7.16. The second-order valence-corrected chi connectivity index (χ2v) is 6.49. The van der Waals surface area contributed by atoms with Crippen LogP contribution in [-0.2, 0) is 17.8 Å². The van der Waals surface area contributed by atoms with Gasteiger partial charge in [0.25, 0.3) is 0 Å². The molecule has 2 aromatic heterocycles. The van der Waals surface area contributed by atoms with Crippen molar-refractivity contribution in [3.05, 3.63) is 76.8 Å². The SMILES string of the molecule is CCCCc1noc(/C=C/c2ccccc2)c1COc1ccc(C(=O)OC)cn1. The number of pyridine rings is 1. The maximum atomic E-state index is 11.5. The van der Waals surface area contributed by atoms with Crippen LogP contribution in [0.2, 0.25) is 0 Å². The number of methoxy groups -OCH3 is 1. The molecule has 0 saturated heterocycles. The van der Waals surface area contributed by atoms with Gasteiger partial charge in [-0.25, -0.2) is 9.78 Å². The van der Waals surface area contributed by atoms with E-state index in [-0.39, 0.29) is 6.61 Å². The van der Waals surface area contributed by atoms with Gasteiger partial charge in [0.15, 0.2) is 5.76 Å². The first-order chi connectivity index (χ1) is 14.2. The van der Waals surface area contributed by atoms with Crippen LogP contribution in [0.1, 0.15) is 52.7 Å². The van der Waals surface area contributed by atoms with E-state index < -0.39 is 5.97 Å². The molecular formula is C23H24N2O4. The van der Waals surface area contributed by atoms with Gasteiger partial charge in [0.2, 0.25) is 5.88 Å². The number of esters is 1. The van der Waals surface area contributed by atoms with Gasteiger partial charge in [0.05, 0.1) is 23.9 Å². The summed E-state index contributed by atoms with van der Waals surface area (Å²) >= 11 is 0. The van der Waals surface area contributed by atoms with Crippen molar-refractivity contribution in [3.8, 4) is 5.88 Å². The number of rotatable bonds is 9. The van der Waals surface area contributed by atoms with Crippen LogP contribution >= 0.6 is 0 Å². The number of benzene rings is 1. The van der Waals surface area contributed by atoms with Gasteiger partial charge in [0.1, 0.15) is 6.61 Å². The highest BCUT2D eigenvalue weighted by molar-refractivity contribution is 5.88. The Morgan fingerprint density at radius 1 is 1.14 bits per heavy atom. The van der Waals surface area contributed by atoms with Gasteiger partial charge in [-0.1, -0.05) is 54.9 Å². The van der Waals surface area contributed by atoms with Crippen LogP contribution in [0.5, 0.6) is 5.88 Å². The molecule has 29 heavy (non-hydrogen) atoms. The summed E-state index contributed by atoms with van der Waals surface area (Å²) in [6.45, 7) is 2.42. The number of aryl methyl sites for hydroxylation is 1. The summed E-state index contributed by atoms with van der Waals surface area (Å²) in [5.41, 5.74) is 3.25. The number of aromatic nitrogens is 2. The molecule has 0 saturated carbocycles. The normalized spacial score (nSPS) is 11.0. The summed E-state index contributed by atoms with van der Waals surface area (Å²) < 4.78 is 16.1. The Morgan fingerprint density at radius 2 is 1.97 bits per heavy atom. The number of hydrogen-bond acceptors (Lipinski definition) is 6.